The molecule has 0 spiro atoms. The fraction of sp³-hybridized carbons (Fsp3) is 0.133. The van der Waals surface area contributed by atoms with Gasteiger partial charge in [0.2, 0.25) is 17.3 Å². The summed E-state index contributed by atoms with van der Waals surface area (Å²) in [6.45, 7) is 0. The summed E-state index contributed by atoms with van der Waals surface area (Å²) in [4.78, 5) is 4.47. The molecule has 3 heterocycles. The molecule has 0 saturated heterocycles. The molecule has 0 saturated carbocycles. The monoisotopic (exact) mass is 516 g/mol. The highest BCUT2D eigenvalue weighted by Gasteiger charge is 2.28. The Morgan fingerprint density at radius 2 is 2.12 bits per heavy atom. The highest BCUT2D eigenvalue weighted by Crippen LogP contribution is 2.40. The normalized spacial score (nSPS) is 15.7. The Morgan fingerprint density at radius 3 is 2.88 bits per heavy atom. The average molecular weight is 517 g/mol. The van der Waals surface area contributed by atoms with Gasteiger partial charge in [0, 0.05) is 39.9 Å². The van der Waals surface area contributed by atoms with Crippen LogP contribution >= 0.6 is 50.3 Å². The van der Waals surface area contributed by atoms with Crippen molar-refractivity contribution >= 4 is 56.0 Å². The zero-order valence-corrected chi connectivity index (χ0v) is 16.8. The molecular weight excluding hydrogens is 507 g/mol. The summed E-state index contributed by atoms with van der Waals surface area (Å²) in [5.74, 6) is 1.08. The maximum absolute atomic E-state index is 6.08. The van der Waals surface area contributed by atoms with Crippen molar-refractivity contribution in [2.24, 2.45) is 0 Å². The zero-order valence-electron chi connectivity index (χ0n) is 12.3. The first-order valence-electron chi connectivity index (χ1n) is 6.91. The largest absolute Gasteiger partial charge is 0.448 e. The number of thioether (sulfide) groups is 1. The van der Waals surface area contributed by atoms with Crippen molar-refractivity contribution in [3.8, 4) is 17.1 Å². The lowest BCUT2D eigenvalue weighted by molar-refractivity contribution is 0.193. The zero-order chi connectivity index (χ0) is 16.7. The Labute approximate surface area is 164 Å². The van der Waals surface area contributed by atoms with E-state index in [1.54, 1.807) is 0 Å². The van der Waals surface area contributed by atoms with E-state index in [9.17, 15) is 0 Å². The van der Waals surface area contributed by atoms with E-state index in [1.807, 2.05) is 36.6 Å². The van der Waals surface area contributed by atoms with Crippen LogP contribution in [0.25, 0.3) is 11.3 Å². The van der Waals surface area contributed by atoms with Crippen molar-refractivity contribution in [3.63, 3.8) is 0 Å². The molecule has 6 nitrogen and oxygen atoms in total. The molecule has 0 unspecified atom stereocenters. The Balaban J connectivity index is 1.86. The summed E-state index contributed by atoms with van der Waals surface area (Å²) < 4.78 is 13.5. The van der Waals surface area contributed by atoms with Crippen LogP contribution in [-0.2, 0) is 0 Å². The molecule has 1 aliphatic rings. The Kier molecular flexibility index (Phi) is 4.39. The minimum atomic E-state index is -0.515. The van der Waals surface area contributed by atoms with Crippen LogP contribution in [0.3, 0.4) is 0 Å². The summed E-state index contributed by atoms with van der Waals surface area (Å²) in [5.41, 5.74) is 2.39. The average Bonchev–Trinajstić information content (AvgIpc) is 2.85. The van der Waals surface area contributed by atoms with Gasteiger partial charge in [0.25, 0.3) is 0 Å². The number of halogens is 2. The standard InChI is InChI=1S/C15H10BrIN4O2S/c1-24-15-19-14-11(20-21-15)7-4-2-3-5-9(7)18-13(23-14)10-6-8(16)12(17)22-10/h2-6,13,18H,1H3/t13-/m0/s1. The van der Waals surface area contributed by atoms with E-state index in [0.717, 1.165) is 19.5 Å². The molecule has 1 atom stereocenters. The van der Waals surface area contributed by atoms with Gasteiger partial charge < -0.3 is 14.5 Å². The molecule has 2 aromatic heterocycles. The fourth-order valence-electron chi connectivity index (χ4n) is 2.35. The second-order valence-corrected chi connectivity index (χ2v) is 7.52. The van der Waals surface area contributed by atoms with Crippen molar-refractivity contribution in [1.29, 1.82) is 0 Å². The number of rotatable bonds is 2. The van der Waals surface area contributed by atoms with Crippen LogP contribution in [0.4, 0.5) is 5.69 Å². The summed E-state index contributed by atoms with van der Waals surface area (Å²) in [6, 6.07) is 9.71. The van der Waals surface area contributed by atoms with Gasteiger partial charge >= 0.3 is 0 Å². The van der Waals surface area contributed by atoms with Gasteiger partial charge in [-0.05, 0) is 28.3 Å². The third-order valence-electron chi connectivity index (χ3n) is 3.44. The molecule has 0 fully saturated rings. The Bertz CT molecular complexity index is 901. The van der Waals surface area contributed by atoms with Crippen LogP contribution in [0.15, 0.2) is 44.4 Å². The van der Waals surface area contributed by atoms with Crippen molar-refractivity contribution in [3.05, 3.63) is 44.3 Å². The van der Waals surface area contributed by atoms with E-state index in [1.165, 1.54) is 11.8 Å². The number of hydrogen-bond donors (Lipinski definition) is 1. The third kappa shape index (κ3) is 2.88. The van der Waals surface area contributed by atoms with E-state index in [-0.39, 0.29) is 0 Å². The number of aromatic nitrogens is 3. The number of furan rings is 1. The van der Waals surface area contributed by atoms with Crippen LogP contribution in [-0.4, -0.2) is 21.4 Å². The van der Waals surface area contributed by atoms with Crippen molar-refractivity contribution in [2.75, 3.05) is 11.6 Å². The van der Waals surface area contributed by atoms with Gasteiger partial charge in [0.1, 0.15) is 0 Å². The number of para-hydroxylation sites is 1. The van der Waals surface area contributed by atoms with Crippen LogP contribution < -0.4 is 10.1 Å². The first-order valence-corrected chi connectivity index (χ1v) is 10.0. The van der Waals surface area contributed by atoms with Crippen LogP contribution in [0.1, 0.15) is 12.0 Å². The summed E-state index contributed by atoms with van der Waals surface area (Å²) >= 11 is 7.00. The van der Waals surface area contributed by atoms with Crippen molar-refractivity contribution in [1.82, 2.24) is 15.2 Å². The third-order valence-corrected chi connectivity index (χ3v) is 6.11. The number of fused-ring (bicyclic) bond motifs is 3. The summed E-state index contributed by atoms with van der Waals surface area (Å²) in [7, 11) is 0. The van der Waals surface area contributed by atoms with Crippen LogP contribution in [0.2, 0.25) is 0 Å². The number of anilines is 1. The lowest BCUT2D eigenvalue weighted by Crippen LogP contribution is -2.16. The molecule has 4 rings (SSSR count). The first kappa shape index (κ1) is 16.2. The number of ether oxygens (including phenoxy) is 1. The second kappa shape index (κ2) is 6.52. The Morgan fingerprint density at radius 1 is 1.29 bits per heavy atom. The summed E-state index contributed by atoms with van der Waals surface area (Å²) in [6.07, 6.45) is 1.38. The molecule has 1 aromatic carbocycles. The molecule has 0 radical (unpaired) electrons. The first-order chi connectivity index (χ1) is 11.7. The maximum Gasteiger partial charge on any atom is 0.247 e. The SMILES string of the molecule is CSc1nnc2c(n1)O[C@@H](c1cc(Br)c(I)o1)Nc1ccccc1-2. The van der Waals surface area contributed by atoms with E-state index in [0.29, 0.717) is 22.5 Å². The number of benzene rings is 1. The van der Waals surface area contributed by atoms with Crippen molar-refractivity contribution in [2.45, 2.75) is 11.4 Å². The van der Waals surface area contributed by atoms with Crippen LogP contribution in [0.5, 0.6) is 5.88 Å². The van der Waals surface area contributed by atoms with Crippen molar-refractivity contribution < 1.29 is 9.15 Å². The second-order valence-electron chi connectivity index (χ2n) is 4.91. The van der Waals surface area contributed by atoms with Gasteiger partial charge in [-0.1, -0.05) is 30.0 Å². The number of nitrogens with one attached hydrogen (secondary N) is 1. The molecule has 1 aliphatic heterocycles. The quantitative estimate of drug-likeness (QED) is 0.390. The molecule has 24 heavy (non-hydrogen) atoms. The van der Waals surface area contributed by atoms with Gasteiger partial charge in [-0.2, -0.15) is 4.98 Å². The van der Waals surface area contributed by atoms with Gasteiger partial charge in [0.05, 0.1) is 4.47 Å². The maximum atomic E-state index is 6.08. The van der Waals surface area contributed by atoms with E-state index in [4.69, 9.17) is 9.15 Å². The van der Waals surface area contributed by atoms with Crippen LogP contribution in [0, 0.1) is 3.77 Å². The van der Waals surface area contributed by atoms with E-state index in [2.05, 4.69) is 59.0 Å². The topological polar surface area (TPSA) is 73.1 Å². The molecule has 3 aromatic rings. The molecule has 0 amide bonds. The Hall–Kier alpha value is -1.33. The number of hydrogen-bond acceptors (Lipinski definition) is 7. The van der Waals surface area contributed by atoms with Gasteiger partial charge in [-0.25, -0.2) is 0 Å². The lowest BCUT2D eigenvalue weighted by atomic mass is 10.1. The minimum absolute atomic E-state index is 0.430. The van der Waals surface area contributed by atoms with E-state index < -0.39 is 6.23 Å². The molecule has 122 valence electrons. The van der Waals surface area contributed by atoms with E-state index >= 15 is 0 Å². The molecular formula is C15H10BrIN4O2S. The minimum Gasteiger partial charge on any atom is -0.448 e. The number of nitrogens with zero attached hydrogens (tertiary/aromatic N) is 3. The molecule has 0 bridgehead atoms. The predicted molar refractivity (Wildman–Crippen MR) is 103 cm³/mol. The highest BCUT2D eigenvalue weighted by atomic mass is 127. The van der Waals surface area contributed by atoms with Gasteiger partial charge in [-0.15, -0.1) is 10.2 Å². The summed E-state index contributed by atoms with van der Waals surface area (Å²) in [5, 5.41) is 12.3. The van der Waals surface area contributed by atoms with Gasteiger partial charge in [0.15, 0.2) is 15.2 Å². The molecule has 0 aliphatic carbocycles. The smallest absolute Gasteiger partial charge is 0.247 e. The molecule has 9 heteroatoms. The highest BCUT2D eigenvalue weighted by molar-refractivity contribution is 14.1. The predicted octanol–water partition coefficient (Wildman–Crippen LogP) is 4.72. The molecule has 1 N–H and O–H groups in total. The van der Waals surface area contributed by atoms with Gasteiger partial charge in [-0.3, -0.25) is 0 Å². The lowest BCUT2D eigenvalue weighted by Gasteiger charge is -2.16. The fourth-order valence-corrected chi connectivity index (χ4v) is 3.37.